The minimum absolute atomic E-state index is 0.139. The fourth-order valence-corrected chi connectivity index (χ4v) is 8.70. The van der Waals surface area contributed by atoms with Crippen LogP contribution in [0, 0.1) is 40.4 Å². The number of carbonyl (C=O) groups excluding carboxylic acids is 1. The molecular weight excluding hydrogens is 374 g/mol. The Kier molecular flexibility index (Phi) is 4.67. The van der Waals surface area contributed by atoms with Crippen LogP contribution in [0.1, 0.15) is 78.6 Å². The summed E-state index contributed by atoms with van der Waals surface area (Å²) in [6.07, 6.45) is 13.7. The third-order valence-corrected chi connectivity index (χ3v) is 10.3. The molecule has 4 aliphatic rings. The highest BCUT2D eigenvalue weighted by Gasteiger charge is 2.61. The first-order valence-electron chi connectivity index (χ1n) is 12.2. The standard InChI is InChI=1S/C25H39N3O2/c1-23(30)10-11-24(2)16(12-23)4-5-18-19-6-7-21(25(19,3)9-8-20(18)24)22(29)15-28-14-17(26)13-27-28/h13-14,16,18-21,30H,4-12,15,26H2,1-3H3/t16-,18?,19+,20+,21-,23-,24+,25+/m1/s1. The molecule has 5 heteroatoms. The molecule has 5 rings (SSSR count). The van der Waals surface area contributed by atoms with Crippen LogP contribution in [0.15, 0.2) is 12.4 Å². The first-order chi connectivity index (χ1) is 14.1. The van der Waals surface area contributed by atoms with Crippen molar-refractivity contribution < 1.29 is 9.90 Å². The molecule has 0 saturated heterocycles. The van der Waals surface area contributed by atoms with Gasteiger partial charge in [-0.05, 0) is 99.2 Å². The van der Waals surface area contributed by atoms with E-state index in [9.17, 15) is 9.90 Å². The Morgan fingerprint density at radius 3 is 2.60 bits per heavy atom. The van der Waals surface area contributed by atoms with Crippen LogP contribution in [0.25, 0.3) is 0 Å². The molecule has 0 aliphatic heterocycles. The summed E-state index contributed by atoms with van der Waals surface area (Å²) in [6.45, 7) is 7.34. The highest BCUT2D eigenvalue weighted by atomic mass is 16.3. The Labute approximate surface area is 180 Å². The van der Waals surface area contributed by atoms with Gasteiger partial charge in [0.05, 0.1) is 24.0 Å². The minimum Gasteiger partial charge on any atom is -0.396 e. The number of aliphatic hydroxyl groups is 1. The molecule has 30 heavy (non-hydrogen) atoms. The van der Waals surface area contributed by atoms with Gasteiger partial charge in [-0.15, -0.1) is 0 Å². The zero-order valence-electron chi connectivity index (χ0n) is 18.9. The van der Waals surface area contributed by atoms with Gasteiger partial charge in [0.1, 0.15) is 0 Å². The number of Topliss-reactive ketones (excluding diaryl/α,β-unsaturated/α-hetero) is 1. The second-order valence-corrected chi connectivity index (χ2v) is 12.0. The zero-order valence-corrected chi connectivity index (χ0v) is 18.9. The van der Waals surface area contributed by atoms with Gasteiger partial charge < -0.3 is 10.8 Å². The Balaban J connectivity index is 1.34. The predicted molar refractivity (Wildman–Crippen MR) is 117 cm³/mol. The van der Waals surface area contributed by atoms with Crippen LogP contribution in [0.2, 0.25) is 0 Å². The van der Waals surface area contributed by atoms with E-state index in [1.807, 2.05) is 6.92 Å². The number of nitrogens with two attached hydrogens (primary N) is 1. The molecule has 5 nitrogen and oxygen atoms in total. The molecule has 0 aromatic carbocycles. The van der Waals surface area contributed by atoms with Gasteiger partial charge in [-0.3, -0.25) is 9.48 Å². The maximum Gasteiger partial charge on any atom is 0.157 e. The van der Waals surface area contributed by atoms with Crippen LogP contribution >= 0.6 is 0 Å². The highest BCUT2D eigenvalue weighted by Crippen LogP contribution is 2.68. The molecule has 4 aliphatic carbocycles. The maximum absolute atomic E-state index is 13.3. The molecule has 4 saturated carbocycles. The molecule has 0 bridgehead atoms. The van der Waals surface area contributed by atoms with E-state index >= 15 is 0 Å². The van der Waals surface area contributed by atoms with E-state index in [2.05, 4.69) is 18.9 Å². The quantitative estimate of drug-likeness (QED) is 0.767. The van der Waals surface area contributed by atoms with Gasteiger partial charge in [-0.1, -0.05) is 13.8 Å². The summed E-state index contributed by atoms with van der Waals surface area (Å²) < 4.78 is 1.71. The van der Waals surface area contributed by atoms with Crippen molar-refractivity contribution in [2.24, 2.45) is 40.4 Å². The van der Waals surface area contributed by atoms with Crippen molar-refractivity contribution in [1.29, 1.82) is 0 Å². The zero-order chi connectivity index (χ0) is 21.3. The Hall–Kier alpha value is -1.36. The third kappa shape index (κ3) is 3.06. The molecule has 1 unspecified atom stereocenters. The lowest BCUT2D eigenvalue weighted by molar-refractivity contribution is -0.151. The molecule has 4 fully saturated rings. The van der Waals surface area contributed by atoms with E-state index in [4.69, 9.17) is 5.73 Å². The minimum atomic E-state index is -0.471. The lowest BCUT2D eigenvalue weighted by Gasteiger charge is -2.61. The molecule has 8 atom stereocenters. The van der Waals surface area contributed by atoms with Crippen LogP contribution in [-0.4, -0.2) is 26.3 Å². The summed E-state index contributed by atoms with van der Waals surface area (Å²) in [5.74, 6) is 3.36. The first kappa shape index (κ1) is 20.5. The number of hydrogen-bond acceptors (Lipinski definition) is 4. The van der Waals surface area contributed by atoms with Gasteiger partial charge >= 0.3 is 0 Å². The molecule has 0 amide bonds. The maximum atomic E-state index is 13.3. The Morgan fingerprint density at radius 2 is 1.87 bits per heavy atom. The van der Waals surface area contributed by atoms with Gasteiger partial charge in [-0.25, -0.2) is 0 Å². The number of anilines is 1. The predicted octanol–water partition coefficient (Wildman–Crippen LogP) is 4.44. The van der Waals surface area contributed by atoms with Crippen molar-refractivity contribution in [2.45, 2.75) is 90.7 Å². The van der Waals surface area contributed by atoms with E-state index < -0.39 is 5.60 Å². The molecule has 1 aromatic heterocycles. The molecule has 3 N–H and O–H groups in total. The molecule has 1 aromatic rings. The van der Waals surface area contributed by atoms with Crippen molar-refractivity contribution in [3.8, 4) is 0 Å². The number of nitrogen functional groups attached to an aromatic ring is 1. The average Bonchev–Trinajstić information content (AvgIpc) is 3.24. The summed E-state index contributed by atoms with van der Waals surface area (Å²) in [5, 5.41) is 14.9. The number of hydrogen-bond donors (Lipinski definition) is 2. The lowest BCUT2D eigenvalue weighted by Crippen LogP contribution is -2.55. The summed E-state index contributed by atoms with van der Waals surface area (Å²) in [7, 11) is 0. The normalized spacial score (nSPS) is 47.9. The number of nitrogens with zero attached hydrogens (tertiary/aromatic N) is 2. The van der Waals surface area contributed by atoms with Crippen molar-refractivity contribution >= 4 is 11.5 Å². The fourth-order valence-electron chi connectivity index (χ4n) is 8.70. The van der Waals surface area contributed by atoms with E-state index in [1.54, 1.807) is 17.1 Å². The van der Waals surface area contributed by atoms with Gasteiger partial charge in [0, 0.05) is 12.1 Å². The van der Waals surface area contributed by atoms with Gasteiger partial charge in [-0.2, -0.15) is 5.10 Å². The van der Waals surface area contributed by atoms with Crippen LogP contribution in [0.3, 0.4) is 0 Å². The fraction of sp³-hybridized carbons (Fsp3) is 0.840. The van der Waals surface area contributed by atoms with Crippen molar-refractivity contribution in [3.05, 3.63) is 12.4 Å². The third-order valence-electron chi connectivity index (χ3n) is 10.3. The number of fused-ring (bicyclic) bond motifs is 5. The van der Waals surface area contributed by atoms with Crippen LogP contribution < -0.4 is 5.73 Å². The summed E-state index contributed by atoms with van der Waals surface area (Å²) in [5.41, 5.74) is 6.45. The first-order valence-corrected chi connectivity index (χ1v) is 12.2. The van der Waals surface area contributed by atoms with E-state index in [1.165, 1.54) is 38.5 Å². The highest BCUT2D eigenvalue weighted by molar-refractivity contribution is 5.82. The summed E-state index contributed by atoms with van der Waals surface area (Å²) >= 11 is 0. The molecule has 0 spiro atoms. The summed E-state index contributed by atoms with van der Waals surface area (Å²) in [4.78, 5) is 13.3. The van der Waals surface area contributed by atoms with Crippen molar-refractivity contribution in [3.63, 3.8) is 0 Å². The molecular formula is C25H39N3O2. The van der Waals surface area contributed by atoms with Gasteiger partial charge in [0.15, 0.2) is 5.78 Å². The largest absolute Gasteiger partial charge is 0.396 e. The Bertz CT molecular complexity index is 832. The van der Waals surface area contributed by atoms with E-state index in [0.29, 0.717) is 35.3 Å². The van der Waals surface area contributed by atoms with Gasteiger partial charge in [0.2, 0.25) is 0 Å². The average molecular weight is 414 g/mol. The van der Waals surface area contributed by atoms with Crippen LogP contribution in [0.4, 0.5) is 5.69 Å². The molecule has 166 valence electrons. The topological polar surface area (TPSA) is 81.1 Å². The SMILES string of the molecule is C[C@@]1(O)CC[C@@]2(C)[C@H](CCC3[C@@H]2CC[C@]2(C)[C@@H](C(=O)Cn4cc(N)cn4)CC[C@@H]32)C1. The monoisotopic (exact) mass is 413 g/mol. The summed E-state index contributed by atoms with van der Waals surface area (Å²) in [6, 6.07) is 0. The lowest BCUT2D eigenvalue weighted by atomic mass is 9.44. The second-order valence-electron chi connectivity index (χ2n) is 12.0. The second kappa shape index (κ2) is 6.82. The van der Waals surface area contributed by atoms with Crippen molar-refractivity contribution in [1.82, 2.24) is 9.78 Å². The van der Waals surface area contributed by atoms with Crippen LogP contribution in [0.5, 0.6) is 0 Å². The number of ketones is 1. The molecule has 1 heterocycles. The number of aromatic nitrogens is 2. The van der Waals surface area contributed by atoms with E-state index in [-0.39, 0.29) is 11.3 Å². The molecule has 0 radical (unpaired) electrons. The number of rotatable bonds is 3. The van der Waals surface area contributed by atoms with Crippen molar-refractivity contribution in [2.75, 3.05) is 5.73 Å². The Morgan fingerprint density at radius 1 is 1.10 bits per heavy atom. The number of carbonyl (C=O) groups is 1. The van der Waals surface area contributed by atoms with Crippen LogP contribution in [-0.2, 0) is 11.3 Å². The van der Waals surface area contributed by atoms with Gasteiger partial charge in [0.25, 0.3) is 0 Å². The van der Waals surface area contributed by atoms with E-state index in [0.717, 1.165) is 31.1 Å². The smallest absolute Gasteiger partial charge is 0.157 e.